The number of hydrogen-bond donors (Lipinski definition) is 2. The molecule has 0 spiro atoms. The second-order valence-corrected chi connectivity index (χ2v) is 3.43. The Balaban J connectivity index is 2.30. The van der Waals surface area contributed by atoms with Crippen LogP contribution in [-0.4, -0.2) is 33.4 Å². The fourth-order valence-electron chi connectivity index (χ4n) is 1.25. The maximum absolute atomic E-state index is 5.45. The number of anilines is 1. The summed E-state index contributed by atoms with van der Waals surface area (Å²) in [4.78, 5) is 0. The van der Waals surface area contributed by atoms with Crippen LogP contribution >= 0.6 is 0 Å². The molecule has 1 rings (SSSR count). The van der Waals surface area contributed by atoms with Gasteiger partial charge in [0.25, 0.3) is 0 Å². The molecule has 1 aromatic rings. The molecule has 0 atom stereocenters. The Hall–Kier alpha value is -1.26. The van der Waals surface area contributed by atoms with E-state index < -0.39 is 0 Å². The third-order valence-electron chi connectivity index (χ3n) is 2.12. The highest BCUT2D eigenvalue weighted by molar-refractivity contribution is 5.46. The highest BCUT2D eigenvalue weighted by Crippen LogP contribution is 2.15. The fourth-order valence-corrected chi connectivity index (χ4v) is 1.25. The number of hydrogen-bond acceptors (Lipinski definition) is 4. The van der Waals surface area contributed by atoms with Crippen molar-refractivity contribution in [3.05, 3.63) is 24.3 Å². The Bertz CT molecular complexity index is 246. The Kier molecular flexibility index (Phi) is 6.37. The molecule has 0 fully saturated rings. The summed E-state index contributed by atoms with van der Waals surface area (Å²) in [5.41, 5.74) is 6.50. The lowest BCUT2D eigenvalue weighted by Crippen LogP contribution is -2.08. The molecule has 0 aromatic heterocycles. The molecule has 0 aliphatic carbocycles. The van der Waals surface area contributed by atoms with Crippen LogP contribution in [0, 0.1) is 0 Å². The lowest BCUT2D eigenvalue weighted by atomic mass is 10.3. The zero-order valence-electron chi connectivity index (χ0n) is 9.74. The van der Waals surface area contributed by atoms with E-state index in [1.165, 1.54) is 0 Å². The van der Waals surface area contributed by atoms with E-state index in [-0.39, 0.29) is 0 Å². The summed E-state index contributed by atoms with van der Waals surface area (Å²) >= 11 is 0. The summed E-state index contributed by atoms with van der Waals surface area (Å²) in [5.74, 6) is 0.862. The van der Waals surface area contributed by atoms with E-state index in [1.54, 1.807) is 7.11 Å². The van der Waals surface area contributed by atoms with Gasteiger partial charge in [-0.1, -0.05) is 0 Å². The molecule has 4 nitrogen and oxygen atoms in total. The van der Waals surface area contributed by atoms with Crippen LogP contribution in [0.2, 0.25) is 0 Å². The van der Waals surface area contributed by atoms with Gasteiger partial charge >= 0.3 is 0 Å². The van der Waals surface area contributed by atoms with Crippen molar-refractivity contribution in [3.8, 4) is 5.75 Å². The summed E-state index contributed by atoms with van der Waals surface area (Å²) in [5, 5.41) is 3.28. The predicted octanol–water partition coefficient (Wildman–Crippen LogP) is 1.47. The molecular weight excluding hydrogens is 204 g/mol. The Labute approximate surface area is 96.7 Å². The van der Waals surface area contributed by atoms with Crippen molar-refractivity contribution < 1.29 is 9.47 Å². The molecule has 16 heavy (non-hydrogen) atoms. The first-order valence-corrected chi connectivity index (χ1v) is 5.52. The van der Waals surface area contributed by atoms with E-state index in [4.69, 9.17) is 15.2 Å². The predicted molar refractivity (Wildman–Crippen MR) is 66.0 cm³/mol. The number of nitrogens with one attached hydrogen (secondary N) is 1. The Morgan fingerprint density at radius 1 is 1.19 bits per heavy atom. The SMILES string of the molecule is COCCOc1ccc(NCCCN)cc1. The van der Waals surface area contributed by atoms with E-state index in [0.717, 1.165) is 24.4 Å². The molecule has 1 aromatic carbocycles. The van der Waals surface area contributed by atoms with Gasteiger partial charge in [0.05, 0.1) is 6.61 Å². The minimum absolute atomic E-state index is 0.580. The molecule has 0 saturated heterocycles. The molecule has 4 heteroatoms. The van der Waals surface area contributed by atoms with Crippen LogP contribution in [0.4, 0.5) is 5.69 Å². The molecule has 90 valence electrons. The van der Waals surface area contributed by atoms with Crippen molar-refractivity contribution in [1.29, 1.82) is 0 Å². The van der Waals surface area contributed by atoms with Crippen LogP contribution in [0.3, 0.4) is 0 Å². The standard InChI is InChI=1S/C12H20N2O2/c1-15-9-10-16-12-5-3-11(4-6-12)14-8-2-7-13/h3-6,14H,2,7-10,13H2,1H3. The second kappa shape index (κ2) is 7.96. The normalized spacial score (nSPS) is 10.1. The van der Waals surface area contributed by atoms with Crippen molar-refractivity contribution in [3.63, 3.8) is 0 Å². The summed E-state index contributed by atoms with van der Waals surface area (Å²) in [6.45, 7) is 2.80. The largest absolute Gasteiger partial charge is 0.491 e. The minimum Gasteiger partial charge on any atom is -0.491 e. The summed E-state index contributed by atoms with van der Waals surface area (Å²) in [7, 11) is 1.66. The number of ether oxygens (including phenoxy) is 2. The third kappa shape index (κ3) is 5.00. The first kappa shape index (κ1) is 12.8. The number of nitrogens with two attached hydrogens (primary N) is 1. The smallest absolute Gasteiger partial charge is 0.119 e. The average molecular weight is 224 g/mol. The van der Waals surface area contributed by atoms with Crippen molar-refractivity contribution in [2.45, 2.75) is 6.42 Å². The maximum Gasteiger partial charge on any atom is 0.119 e. The van der Waals surface area contributed by atoms with Crippen molar-refractivity contribution in [2.75, 3.05) is 38.7 Å². The molecule has 0 aliphatic rings. The van der Waals surface area contributed by atoms with Gasteiger partial charge in [-0.3, -0.25) is 0 Å². The van der Waals surface area contributed by atoms with Gasteiger partial charge in [0, 0.05) is 19.3 Å². The molecule has 0 aliphatic heterocycles. The zero-order chi connectivity index (χ0) is 11.6. The molecule has 0 bridgehead atoms. The third-order valence-corrected chi connectivity index (χ3v) is 2.12. The van der Waals surface area contributed by atoms with E-state index in [1.807, 2.05) is 24.3 Å². The van der Waals surface area contributed by atoms with E-state index >= 15 is 0 Å². The van der Waals surface area contributed by atoms with Gasteiger partial charge in [-0.25, -0.2) is 0 Å². The molecule has 3 N–H and O–H groups in total. The Morgan fingerprint density at radius 2 is 1.94 bits per heavy atom. The molecule has 0 saturated carbocycles. The minimum atomic E-state index is 0.580. The molecule has 0 amide bonds. The lowest BCUT2D eigenvalue weighted by molar-refractivity contribution is 0.146. The van der Waals surface area contributed by atoms with E-state index in [9.17, 15) is 0 Å². The number of methoxy groups -OCH3 is 1. The van der Waals surface area contributed by atoms with Crippen LogP contribution in [0.1, 0.15) is 6.42 Å². The molecule has 0 heterocycles. The van der Waals surface area contributed by atoms with Gasteiger partial charge in [-0.2, -0.15) is 0 Å². The quantitative estimate of drug-likeness (QED) is 0.657. The Morgan fingerprint density at radius 3 is 2.56 bits per heavy atom. The lowest BCUT2D eigenvalue weighted by Gasteiger charge is -2.08. The highest BCUT2D eigenvalue weighted by Gasteiger charge is 1.94. The topological polar surface area (TPSA) is 56.5 Å². The summed E-state index contributed by atoms with van der Waals surface area (Å²) in [6.07, 6.45) is 0.978. The zero-order valence-corrected chi connectivity index (χ0v) is 9.74. The maximum atomic E-state index is 5.45. The van der Waals surface area contributed by atoms with Gasteiger partial charge in [-0.05, 0) is 37.2 Å². The van der Waals surface area contributed by atoms with Gasteiger partial charge in [0.1, 0.15) is 12.4 Å². The summed E-state index contributed by atoms with van der Waals surface area (Å²) < 4.78 is 10.4. The van der Waals surface area contributed by atoms with Crippen molar-refractivity contribution >= 4 is 5.69 Å². The first-order chi connectivity index (χ1) is 7.86. The van der Waals surface area contributed by atoms with Crippen molar-refractivity contribution in [2.24, 2.45) is 5.73 Å². The highest BCUT2D eigenvalue weighted by atomic mass is 16.5. The van der Waals surface area contributed by atoms with Crippen LogP contribution in [0.25, 0.3) is 0 Å². The van der Waals surface area contributed by atoms with Crippen molar-refractivity contribution in [1.82, 2.24) is 0 Å². The molecule has 0 radical (unpaired) electrons. The van der Waals surface area contributed by atoms with E-state index in [0.29, 0.717) is 19.8 Å². The first-order valence-electron chi connectivity index (χ1n) is 5.52. The fraction of sp³-hybridized carbons (Fsp3) is 0.500. The monoisotopic (exact) mass is 224 g/mol. The number of benzene rings is 1. The molecule has 0 unspecified atom stereocenters. The van der Waals surface area contributed by atoms with Crippen LogP contribution < -0.4 is 15.8 Å². The van der Waals surface area contributed by atoms with Gasteiger partial charge in [0.2, 0.25) is 0 Å². The van der Waals surface area contributed by atoms with Gasteiger partial charge < -0.3 is 20.5 Å². The van der Waals surface area contributed by atoms with Crippen LogP contribution in [0.15, 0.2) is 24.3 Å². The molecular formula is C12H20N2O2. The van der Waals surface area contributed by atoms with E-state index in [2.05, 4.69) is 5.32 Å². The number of rotatable bonds is 8. The van der Waals surface area contributed by atoms with Crippen LogP contribution in [0.5, 0.6) is 5.75 Å². The van der Waals surface area contributed by atoms with Gasteiger partial charge in [-0.15, -0.1) is 0 Å². The average Bonchev–Trinajstić information content (AvgIpc) is 2.32. The van der Waals surface area contributed by atoms with Crippen LogP contribution in [-0.2, 0) is 4.74 Å². The van der Waals surface area contributed by atoms with Gasteiger partial charge in [0.15, 0.2) is 0 Å². The summed E-state index contributed by atoms with van der Waals surface area (Å²) in [6, 6.07) is 7.89. The second-order valence-electron chi connectivity index (χ2n) is 3.43.